The number of rotatable bonds is 5. The quantitative estimate of drug-likeness (QED) is 0.466. The summed E-state index contributed by atoms with van der Waals surface area (Å²) < 4.78 is 4.22. The van der Waals surface area contributed by atoms with Crippen molar-refractivity contribution < 1.29 is 0 Å². The molecule has 0 spiro atoms. The van der Waals surface area contributed by atoms with Crippen LogP contribution in [0.2, 0.25) is 0 Å². The molecule has 8 heteroatoms. The lowest BCUT2D eigenvalue weighted by Crippen LogP contribution is -2.29. The van der Waals surface area contributed by atoms with Crippen molar-refractivity contribution in [3.8, 4) is 0 Å². The van der Waals surface area contributed by atoms with Crippen LogP contribution in [-0.2, 0) is 19.3 Å². The van der Waals surface area contributed by atoms with Crippen LogP contribution in [0.3, 0.4) is 0 Å². The number of nitrogens with one attached hydrogen (secondary N) is 1. The number of H-pyrrole nitrogens is 1. The van der Waals surface area contributed by atoms with Gasteiger partial charge in [-0.15, -0.1) is 0 Å². The summed E-state index contributed by atoms with van der Waals surface area (Å²) in [7, 11) is 1.61. The Balaban J connectivity index is 1.82. The van der Waals surface area contributed by atoms with Gasteiger partial charge < -0.3 is 4.57 Å². The number of aromatic amines is 1. The van der Waals surface area contributed by atoms with Crippen LogP contribution in [0.15, 0.2) is 73.8 Å². The Hall–Kier alpha value is -2.58. The van der Waals surface area contributed by atoms with Gasteiger partial charge in [0, 0.05) is 17.3 Å². The Morgan fingerprint density at radius 3 is 2.57 bits per heavy atom. The average Bonchev–Trinajstić information content (AvgIpc) is 3.04. The second-order valence-electron chi connectivity index (χ2n) is 6.38. The molecule has 28 heavy (non-hydrogen) atoms. The van der Waals surface area contributed by atoms with Gasteiger partial charge in [0.1, 0.15) is 0 Å². The molecule has 2 heterocycles. The maximum atomic E-state index is 12.6. The number of fused-ring (bicyclic) bond motifs is 1. The minimum Gasteiger partial charge on any atom is -0.309 e. The SMILES string of the molecule is Cn1c(=O)[nH]c(=O)c2c1nc(SCc1ccccc1)n2Cc1cccc(Br)c1. The predicted molar refractivity (Wildman–Crippen MR) is 115 cm³/mol. The summed E-state index contributed by atoms with van der Waals surface area (Å²) in [6.45, 7) is 0.481. The van der Waals surface area contributed by atoms with E-state index in [-0.39, 0.29) is 0 Å². The maximum Gasteiger partial charge on any atom is 0.329 e. The molecule has 0 aliphatic rings. The fourth-order valence-corrected chi connectivity index (χ4v) is 4.41. The maximum absolute atomic E-state index is 12.6. The van der Waals surface area contributed by atoms with Gasteiger partial charge in [0.15, 0.2) is 16.3 Å². The number of hydrogen-bond donors (Lipinski definition) is 1. The third-order valence-electron chi connectivity index (χ3n) is 4.41. The van der Waals surface area contributed by atoms with Gasteiger partial charge >= 0.3 is 5.69 Å². The second-order valence-corrected chi connectivity index (χ2v) is 8.23. The monoisotopic (exact) mass is 456 g/mol. The Labute approximate surface area is 173 Å². The minimum atomic E-state index is -0.468. The zero-order valence-corrected chi connectivity index (χ0v) is 17.5. The molecule has 4 rings (SSSR count). The summed E-state index contributed by atoms with van der Waals surface area (Å²) in [6.07, 6.45) is 0. The van der Waals surface area contributed by atoms with Gasteiger partial charge in [-0.25, -0.2) is 9.78 Å². The van der Waals surface area contributed by atoms with Crippen LogP contribution in [0.25, 0.3) is 11.2 Å². The third kappa shape index (κ3) is 3.70. The van der Waals surface area contributed by atoms with E-state index in [1.807, 2.05) is 47.0 Å². The summed E-state index contributed by atoms with van der Waals surface area (Å²) in [6, 6.07) is 18.0. The van der Waals surface area contributed by atoms with E-state index >= 15 is 0 Å². The number of nitrogens with zero attached hydrogens (tertiary/aromatic N) is 3. The molecular weight excluding hydrogens is 440 g/mol. The lowest BCUT2D eigenvalue weighted by Gasteiger charge is -2.09. The van der Waals surface area contributed by atoms with E-state index in [0.717, 1.165) is 15.6 Å². The summed E-state index contributed by atoms with van der Waals surface area (Å²) in [5.41, 5.74) is 2.09. The Morgan fingerprint density at radius 1 is 1.07 bits per heavy atom. The number of imidazole rings is 1. The fourth-order valence-electron chi connectivity index (χ4n) is 3.01. The molecule has 0 radical (unpaired) electrons. The predicted octanol–water partition coefficient (Wildman–Crippen LogP) is 3.53. The van der Waals surface area contributed by atoms with Crippen molar-refractivity contribution in [2.45, 2.75) is 17.5 Å². The second kappa shape index (κ2) is 7.81. The zero-order chi connectivity index (χ0) is 19.7. The molecular formula is C20H17BrN4O2S. The first-order chi connectivity index (χ1) is 13.5. The molecule has 0 saturated carbocycles. The van der Waals surface area contributed by atoms with E-state index in [2.05, 4.69) is 38.0 Å². The fraction of sp³-hybridized carbons (Fsp3) is 0.150. The molecule has 2 aromatic heterocycles. The van der Waals surface area contributed by atoms with E-state index in [4.69, 9.17) is 0 Å². The van der Waals surface area contributed by atoms with Crippen molar-refractivity contribution in [1.82, 2.24) is 19.1 Å². The van der Waals surface area contributed by atoms with Gasteiger partial charge in [-0.3, -0.25) is 14.3 Å². The number of aromatic nitrogens is 4. The highest BCUT2D eigenvalue weighted by atomic mass is 79.9. The van der Waals surface area contributed by atoms with Crippen molar-refractivity contribution in [1.29, 1.82) is 0 Å². The van der Waals surface area contributed by atoms with E-state index in [9.17, 15) is 9.59 Å². The van der Waals surface area contributed by atoms with Crippen LogP contribution >= 0.6 is 27.7 Å². The van der Waals surface area contributed by atoms with Crippen LogP contribution in [0, 0.1) is 0 Å². The van der Waals surface area contributed by atoms with Gasteiger partial charge in [0.05, 0.1) is 6.54 Å². The van der Waals surface area contributed by atoms with Crippen LogP contribution < -0.4 is 11.2 Å². The van der Waals surface area contributed by atoms with Gasteiger partial charge in [0.25, 0.3) is 5.56 Å². The van der Waals surface area contributed by atoms with E-state index in [0.29, 0.717) is 28.6 Å². The van der Waals surface area contributed by atoms with Crippen LogP contribution in [0.4, 0.5) is 0 Å². The van der Waals surface area contributed by atoms with E-state index < -0.39 is 11.2 Å². The largest absolute Gasteiger partial charge is 0.329 e. The molecule has 4 aromatic rings. The molecule has 0 aliphatic carbocycles. The topological polar surface area (TPSA) is 72.7 Å². The molecule has 0 atom stereocenters. The normalized spacial score (nSPS) is 11.2. The van der Waals surface area contributed by atoms with Crippen LogP contribution in [0.1, 0.15) is 11.1 Å². The average molecular weight is 457 g/mol. The first kappa shape index (κ1) is 18.8. The molecule has 0 unspecified atom stereocenters. The summed E-state index contributed by atoms with van der Waals surface area (Å²) in [5, 5.41) is 0.700. The smallest absolute Gasteiger partial charge is 0.309 e. The molecule has 1 N–H and O–H groups in total. The first-order valence-corrected chi connectivity index (χ1v) is 10.4. The molecule has 0 amide bonds. The van der Waals surface area contributed by atoms with Crippen molar-refractivity contribution in [2.75, 3.05) is 0 Å². The highest BCUT2D eigenvalue weighted by Crippen LogP contribution is 2.26. The van der Waals surface area contributed by atoms with Crippen molar-refractivity contribution in [3.05, 3.63) is 91.0 Å². The zero-order valence-electron chi connectivity index (χ0n) is 15.1. The van der Waals surface area contributed by atoms with Gasteiger partial charge in [-0.2, -0.15) is 0 Å². The number of hydrogen-bond acceptors (Lipinski definition) is 4. The van der Waals surface area contributed by atoms with Gasteiger partial charge in [0.2, 0.25) is 0 Å². The number of thioether (sulfide) groups is 1. The minimum absolute atomic E-state index is 0.388. The van der Waals surface area contributed by atoms with Crippen molar-refractivity contribution in [2.24, 2.45) is 7.05 Å². The molecule has 0 bridgehead atoms. The highest BCUT2D eigenvalue weighted by Gasteiger charge is 2.18. The molecule has 6 nitrogen and oxygen atoms in total. The summed E-state index contributed by atoms with van der Waals surface area (Å²) >= 11 is 5.03. The van der Waals surface area contributed by atoms with Gasteiger partial charge in [-0.05, 0) is 23.3 Å². The Bertz CT molecular complexity index is 1260. The number of halogens is 1. The van der Waals surface area contributed by atoms with Crippen LogP contribution in [-0.4, -0.2) is 19.1 Å². The van der Waals surface area contributed by atoms with Gasteiger partial charge in [-0.1, -0.05) is 70.2 Å². The Kier molecular flexibility index (Phi) is 5.23. The molecule has 0 fully saturated rings. The van der Waals surface area contributed by atoms with Crippen molar-refractivity contribution in [3.63, 3.8) is 0 Å². The Morgan fingerprint density at radius 2 is 1.82 bits per heavy atom. The summed E-state index contributed by atoms with van der Waals surface area (Å²) in [5.74, 6) is 0.717. The lowest BCUT2D eigenvalue weighted by molar-refractivity contribution is 0.727. The molecule has 142 valence electrons. The van der Waals surface area contributed by atoms with Crippen molar-refractivity contribution >= 4 is 38.9 Å². The standard InChI is InChI=1S/C20H17BrN4O2S/c1-24-17-16(18(26)23-19(24)27)25(11-14-8-5-9-15(21)10-14)20(22-17)28-12-13-6-3-2-4-7-13/h2-10H,11-12H2,1H3,(H,23,26,27). The number of benzene rings is 2. The molecule has 2 aromatic carbocycles. The number of aryl methyl sites for hydroxylation is 1. The van der Waals surface area contributed by atoms with E-state index in [1.165, 1.54) is 4.57 Å². The molecule has 0 saturated heterocycles. The van der Waals surface area contributed by atoms with Crippen LogP contribution in [0.5, 0.6) is 0 Å². The summed E-state index contributed by atoms with van der Waals surface area (Å²) in [4.78, 5) is 31.6. The highest BCUT2D eigenvalue weighted by molar-refractivity contribution is 9.10. The first-order valence-electron chi connectivity index (χ1n) is 8.63. The molecule has 0 aliphatic heterocycles. The third-order valence-corrected chi connectivity index (χ3v) is 5.95. The van der Waals surface area contributed by atoms with E-state index in [1.54, 1.807) is 18.8 Å². The lowest BCUT2D eigenvalue weighted by atomic mass is 10.2.